The number of esters is 1. The molecule has 0 aliphatic carbocycles. The maximum atomic E-state index is 11.6. The number of aromatic carboxylic acids is 1. The molecule has 88 valence electrons. The number of carboxylic acids is 1. The summed E-state index contributed by atoms with van der Waals surface area (Å²) in [5.41, 5.74) is 0.120. The monoisotopic (exact) mass is 257 g/mol. The van der Waals surface area contributed by atoms with Gasteiger partial charge in [0, 0.05) is 0 Å². The van der Waals surface area contributed by atoms with E-state index in [0.717, 1.165) is 0 Å². The van der Waals surface area contributed by atoms with Crippen LogP contribution in [0.25, 0.3) is 0 Å². The second-order valence-corrected chi connectivity index (χ2v) is 3.07. The summed E-state index contributed by atoms with van der Waals surface area (Å²) in [5.74, 6) is -1.84. The van der Waals surface area contributed by atoms with Crippen molar-refractivity contribution in [3.05, 3.63) is 47.9 Å². The van der Waals surface area contributed by atoms with E-state index in [-0.39, 0.29) is 46.8 Å². The van der Waals surface area contributed by atoms with E-state index in [1.165, 1.54) is 36.7 Å². The normalized spacial score (nSPS) is 9.33. The third-order valence-electron chi connectivity index (χ3n) is 1.93. The molecule has 6 nitrogen and oxygen atoms in total. The molecule has 0 radical (unpaired) electrons. The van der Waals surface area contributed by atoms with E-state index >= 15 is 0 Å². The third kappa shape index (κ3) is 3.43. The summed E-state index contributed by atoms with van der Waals surface area (Å²) in [7, 11) is 0. The molecule has 2 aromatic rings. The van der Waals surface area contributed by atoms with Crippen molar-refractivity contribution in [2.45, 2.75) is 0 Å². The van der Waals surface area contributed by atoms with Gasteiger partial charge >= 0.3 is 47.6 Å². The van der Waals surface area contributed by atoms with Gasteiger partial charge in [-0.2, -0.15) is 4.98 Å². The molecular formula is C11H8NNaO5. The predicted molar refractivity (Wildman–Crippen MR) is 62.0 cm³/mol. The van der Waals surface area contributed by atoms with Crippen LogP contribution in [0.2, 0.25) is 0 Å². The van der Waals surface area contributed by atoms with Crippen molar-refractivity contribution in [3.63, 3.8) is 0 Å². The number of rotatable bonds is 3. The standard InChI is InChI=1S/C11H7NO5.Na.H/c13-9(14)7-2-1-3-8(6-7)10(15)17-11-12-4-5-16-11;;/h1-6H,(H,13,14);;. The number of ether oxygens (including phenoxy) is 1. The number of carboxylic acid groups (broad SMARTS) is 1. The number of hydrogen-bond donors (Lipinski definition) is 1. The first-order valence-electron chi connectivity index (χ1n) is 4.62. The second-order valence-electron chi connectivity index (χ2n) is 3.07. The molecule has 0 atom stereocenters. The molecule has 1 aromatic heterocycles. The van der Waals surface area contributed by atoms with Crippen LogP contribution in [-0.4, -0.2) is 51.6 Å². The minimum atomic E-state index is -1.12. The van der Waals surface area contributed by atoms with Crippen LogP contribution in [0.3, 0.4) is 0 Å². The van der Waals surface area contributed by atoms with Crippen molar-refractivity contribution in [1.82, 2.24) is 4.98 Å². The molecule has 0 saturated carbocycles. The number of carbonyl (C=O) groups is 2. The van der Waals surface area contributed by atoms with Crippen LogP contribution in [0.4, 0.5) is 0 Å². The second kappa shape index (κ2) is 6.34. The Kier molecular flexibility index (Phi) is 5.08. The summed E-state index contributed by atoms with van der Waals surface area (Å²) < 4.78 is 9.50. The van der Waals surface area contributed by atoms with Gasteiger partial charge in [-0.3, -0.25) is 0 Å². The van der Waals surface area contributed by atoms with Crippen LogP contribution in [0.5, 0.6) is 6.08 Å². The van der Waals surface area contributed by atoms with Gasteiger partial charge < -0.3 is 14.3 Å². The molecule has 1 heterocycles. The molecule has 18 heavy (non-hydrogen) atoms. The molecule has 0 bridgehead atoms. The Morgan fingerprint density at radius 1 is 1.28 bits per heavy atom. The molecule has 0 aliphatic rings. The molecule has 0 saturated heterocycles. The van der Waals surface area contributed by atoms with Gasteiger partial charge in [0.05, 0.1) is 17.3 Å². The minimum absolute atomic E-state index is 0. The number of carbonyl (C=O) groups excluding carboxylic acids is 1. The van der Waals surface area contributed by atoms with Crippen molar-refractivity contribution in [1.29, 1.82) is 0 Å². The average molecular weight is 257 g/mol. The van der Waals surface area contributed by atoms with Gasteiger partial charge in [-0.25, -0.2) is 9.59 Å². The van der Waals surface area contributed by atoms with E-state index in [1.54, 1.807) is 0 Å². The molecular weight excluding hydrogens is 249 g/mol. The Morgan fingerprint density at radius 2 is 2.00 bits per heavy atom. The van der Waals surface area contributed by atoms with Crippen LogP contribution >= 0.6 is 0 Å². The van der Waals surface area contributed by atoms with Gasteiger partial charge in [-0.05, 0) is 18.2 Å². The average Bonchev–Trinajstić information content (AvgIpc) is 2.82. The fraction of sp³-hybridized carbons (Fsp3) is 0. The maximum absolute atomic E-state index is 11.6. The Bertz CT molecular complexity index is 552. The first kappa shape index (κ1) is 14.4. The Hall–Kier alpha value is -1.63. The van der Waals surface area contributed by atoms with Crippen molar-refractivity contribution >= 4 is 41.5 Å². The van der Waals surface area contributed by atoms with E-state index in [1.807, 2.05) is 0 Å². The van der Waals surface area contributed by atoms with Crippen LogP contribution < -0.4 is 4.74 Å². The first-order valence-corrected chi connectivity index (χ1v) is 4.62. The Labute approximate surface area is 124 Å². The van der Waals surface area contributed by atoms with Crippen molar-refractivity contribution in [2.24, 2.45) is 0 Å². The van der Waals surface area contributed by atoms with Gasteiger partial charge in [0.1, 0.15) is 6.26 Å². The predicted octanol–water partition coefficient (Wildman–Crippen LogP) is 0.943. The Balaban J connectivity index is 0.00000162. The van der Waals surface area contributed by atoms with E-state index in [0.29, 0.717) is 0 Å². The van der Waals surface area contributed by atoms with E-state index in [2.05, 4.69) is 4.98 Å². The van der Waals surface area contributed by atoms with Gasteiger partial charge in [-0.1, -0.05) is 6.07 Å². The third-order valence-corrected chi connectivity index (χ3v) is 1.93. The number of hydrogen-bond acceptors (Lipinski definition) is 5. The van der Waals surface area contributed by atoms with Crippen LogP contribution in [0, 0.1) is 0 Å². The molecule has 0 unspecified atom stereocenters. The SMILES string of the molecule is O=C(O)c1cccc(C(=O)Oc2ncco2)c1.[NaH]. The zero-order chi connectivity index (χ0) is 12.3. The molecule has 1 N–H and O–H groups in total. The summed E-state index contributed by atoms with van der Waals surface area (Å²) in [6.07, 6.45) is 2.41. The summed E-state index contributed by atoms with van der Waals surface area (Å²) in [6, 6.07) is 5.49. The van der Waals surface area contributed by atoms with Crippen molar-refractivity contribution in [3.8, 4) is 6.08 Å². The summed E-state index contributed by atoms with van der Waals surface area (Å²) in [4.78, 5) is 25.9. The van der Waals surface area contributed by atoms with Crippen LogP contribution in [0.15, 0.2) is 41.1 Å². The van der Waals surface area contributed by atoms with Crippen molar-refractivity contribution in [2.75, 3.05) is 0 Å². The fourth-order valence-corrected chi connectivity index (χ4v) is 1.18. The van der Waals surface area contributed by atoms with Crippen molar-refractivity contribution < 1.29 is 23.8 Å². The topological polar surface area (TPSA) is 89.6 Å². The van der Waals surface area contributed by atoms with Gasteiger partial charge in [-0.15, -0.1) is 0 Å². The number of aromatic nitrogens is 1. The quantitative estimate of drug-likeness (QED) is 0.650. The van der Waals surface area contributed by atoms with Crippen LogP contribution in [0.1, 0.15) is 20.7 Å². The summed E-state index contributed by atoms with van der Waals surface area (Å²) >= 11 is 0. The Morgan fingerprint density at radius 3 is 2.61 bits per heavy atom. The first-order chi connectivity index (χ1) is 8.16. The van der Waals surface area contributed by atoms with E-state index < -0.39 is 11.9 Å². The van der Waals surface area contributed by atoms with Crippen LogP contribution in [-0.2, 0) is 0 Å². The molecule has 0 fully saturated rings. The van der Waals surface area contributed by atoms with Gasteiger partial charge in [0.15, 0.2) is 0 Å². The molecule has 0 spiro atoms. The number of benzene rings is 1. The molecule has 2 rings (SSSR count). The number of oxazole rings is 1. The molecule has 0 aliphatic heterocycles. The fourth-order valence-electron chi connectivity index (χ4n) is 1.18. The van der Waals surface area contributed by atoms with Gasteiger partial charge in [0.25, 0.3) is 0 Å². The summed E-state index contributed by atoms with van der Waals surface area (Å²) in [5, 5.41) is 8.76. The zero-order valence-corrected chi connectivity index (χ0v) is 8.49. The van der Waals surface area contributed by atoms with E-state index in [4.69, 9.17) is 14.3 Å². The summed E-state index contributed by atoms with van der Waals surface area (Å²) in [6.45, 7) is 0. The molecule has 0 amide bonds. The number of nitrogens with zero attached hydrogens (tertiary/aromatic N) is 1. The van der Waals surface area contributed by atoms with Gasteiger partial charge in [0.2, 0.25) is 0 Å². The molecule has 7 heteroatoms. The zero-order valence-electron chi connectivity index (χ0n) is 8.49. The van der Waals surface area contributed by atoms with E-state index in [9.17, 15) is 9.59 Å². The molecule has 1 aromatic carbocycles.